The molecule has 148 valence electrons. The molecule has 0 spiro atoms. The number of aliphatic hydroxyl groups is 1. The third kappa shape index (κ3) is 25.4. The van der Waals surface area contributed by atoms with E-state index in [9.17, 15) is 0 Å². The predicted octanol–water partition coefficient (Wildman–Crippen LogP) is 5.31. The third-order valence-electron chi connectivity index (χ3n) is 3.43. The molecule has 0 fully saturated rings. The van der Waals surface area contributed by atoms with Crippen molar-refractivity contribution < 1.29 is 14.6 Å². The van der Waals surface area contributed by atoms with Crippen molar-refractivity contribution in [3.63, 3.8) is 0 Å². The largest absolute Gasteiger partial charge is 0.394 e. The molecule has 0 amide bonds. The van der Waals surface area contributed by atoms with Crippen LogP contribution in [0.1, 0.15) is 73.1 Å². The maximum absolute atomic E-state index is 8.30. The van der Waals surface area contributed by atoms with Gasteiger partial charge in [-0.05, 0) is 59.3 Å². The Balaban J connectivity index is 0. The molecule has 0 atom stereocenters. The summed E-state index contributed by atoms with van der Waals surface area (Å²) < 4.78 is 10.1. The van der Waals surface area contributed by atoms with Crippen molar-refractivity contribution in [3.05, 3.63) is 23.3 Å². The highest BCUT2D eigenvalue weighted by Gasteiger charge is 1.93. The first-order chi connectivity index (χ1) is 12.0. The van der Waals surface area contributed by atoms with Gasteiger partial charge in [0, 0.05) is 12.3 Å². The number of ether oxygens (including phenoxy) is 2. The smallest absolute Gasteiger partial charge is 0.0701 e. The average molecular weight is 356 g/mol. The van der Waals surface area contributed by atoms with Crippen LogP contribution >= 0.6 is 0 Å². The van der Waals surface area contributed by atoms with Crippen molar-refractivity contribution in [2.45, 2.75) is 73.1 Å². The monoisotopic (exact) mass is 355 g/mol. The maximum atomic E-state index is 8.30. The van der Waals surface area contributed by atoms with Crippen molar-refractivity contribution in [2.24, 2.45) is 0 Å². The molecule has 0 bridgehead atoms. The SMILES string of the molecule is CC/C=C(\C)CC/C=C(\C)CCC(C)=N.CCCOCCOCCO. The van der Waals surface area contributed by atoms with Gasteiger partial charge in [-0.25, -0.2) is 0 Å². The van der Waals surface area contributed by atoms with E-state index in [0.29, 0.717) is 19.8 Å². The molecule has 0 aliphatic carbocycles. The standard InChI is InChI=1S/C14H25N.C7H16O3/c1-5-7-12(2)8-6-9-13(3)10-11-14(4)15;1-2-4-9-6-7-10-5-3-8/h7,9,15H,5-6,8,10-11H2,1-4H3;8H,2-7H2,1H3/b12-7+,13-9+,15-14?;. The lowest BCUT2D eigenvalue weighted by Crippen LogP contribution is -2.07. The summed E-state index contributed by atoms with van der Waals surface area (Å²) in [5, 5.41) is 15.7. The van der Waals surface area contributed by atoms with Gasteiger partial charge in [-0.3, -0.25) is 0 Å². The molecular weight excluding hydrogens is 314 g/mol. The summed E-state index contributed by atoms with van der Waals surface area (Å²) >= 11 is 0. The lowest BCUT2D eigenvalue weighted by atomic mass is 10.1. The fourth-order valence-electron chi connectivity index (χ4n) is 2.01. The molecule has 25 heavy (non-hydrogen) atoms. The summed E-state index contributed by atoms with van der Waals surface area (Å²) in [5.74, 6) is 0. The fraction of sp³-hybridized carbons (Fsp3) is 0.762. The molecule has 0 aromatic rings. The van der Waals surface area contributed by atoms with Gasteiger partial charge in [-0.1, -0.05) is 37.1 Å². The zero-order chi connectivity index (χ0) is 19.3. The quantitative estimate of drug-likeness (QED) is 0.252. The summed E-state index contributed by atoms with van der Waals surface area (Å²) in [5.41, 5.74) is 3.69. The Morgan fingerprint density at radius 2 is 1.44 bits per heavy atom. The van der Waals surface area contributed by atoms with E-state index in [4.69, 9.17) is 20.0 Å². The summed E-state index contributed by atoms with van der Waals surface area (Å²) in [6, 6.07) is 0. The molecule has 0 heterocycles. The molecular formula is C21H41NO3. The molecule has 2 N–H and O–H groups in total. The van der Waals surface area contributed by atoms with E-state index in [0.717, 1.165) is 44.4 Å². The normalized spacial score (nSPS) is 11.9. The number of rotatable bonds is 14. The van der Waals surface area contributed by atoms with E-state index in [1.165, 1.54) is 17.6 Å². The van der Waals surface area contributed by atoms with Crippen LogP contribution in [0.15, 0.2) is 23.3 Å². The second-order valence-electron chi connectivity index (χ2n) is 6.28. The van der Waals surface area contributed by atoms with Crippen LogP contribution in [0.2, 0.25) is 0 Å². The molecule has 0 saturated carbocycles. The molecule has 0 aromatic carbocycles. The summed E-state index contributed by atoms with van der Waals surface area (Å²) in [6.07, 6.45) is 11.1. The molecule has 4 nitrogen and oxygen atoms in total. The van der Waals surface area contributed by atoms with Crippen LogP contribution in [0.25, 0.3) is 0 Å². The lowest BCUT2D eigenvalue weighted by Gasteiger charge is -2.02. The Kier molecular flexibility index (Phi) is 22.1. The van der Waals surface area contributed by atoms with E-state index in [1.807, 2.05) is 6.92 Å². The van der Waals surface area contributed by atoms with Gasteiger partial charge in [0.05, 0.1) is 26.4 Å². The first-order valence-corrected chi connectivity index (χ1v) is 9.59. The molecule has 0 aromatic heterocycles. The zero-order valence-electron chi connectivity index (χ0n) is 17.2. The van der Waals surface area contributed by atoms with Gasteiger partial charge in [0.2, 0.25) is 0 Å². The lowest BCUT2D eigenvalue weighted by molar-refractivity contribution is 0.0333. The predicted molar refractivity (Wildman–Crippen MR) is 109 cm³/mol. The van der Waals surface area contributed by atoms with Gasteiger partial charge in [0.1, 0.15) is 0 Å². The van der Waals surface area contributed by atoms with Crippen LogP contribution in [-0.4, -0.2) is 43.9 Å². The number of nitrogens with one attached hydrogen (secondary N) is 1. The van der Waals surface area contributed by atoms with Gasteiger partial charge in [-0.15, -0.1) is 0 Å². The number of hydrogen-bond acceptors (Lipinski definition) is 4. The van der Waals surface area contributed by atoms with E-state index in [1.54, 1.807) is 0 Å². The Morgan fingerprint density at radius 1 is 0.840 bits per heavy atom. The summed E-state index contributed by atoms with van der Waals surface area (Å²) in [7, 11) is 0. The molecule has 0 aliphatic rings. The van der Waals surface area contributed by atoms with Crippen LogP contribution in [0.3, 0.4) is 0 Å². The third-order valence-corrected chi connectivity index (χ3v) is 3.43. The van der Waals surface area contributed by atoms with Crippen LogP contribution in [0.4, 0.5) is 0 Å². The minimum Gasteiger partial charge on any atom is -0.394 e. The second kappa shape index (κ2) is 21.1. The van der Waals surface area contributed by atoms with Gasteiger partial charge in [0.15, 0.2) is 0 Å². The Morgan fingerprint density at radius 3 is 1.96 bits per heavy atom. The summed E-state index contributed by atoms with van der Waals surface area (Å²) in [4.78, 5) is 0. The van der Waals surface area contributed by atoms with Gasteiger partial charge >= 0.3 is 0 Å². The molecule has 0 rings (SSSR count). The Hall–Kier alpha value is -0.970. The zero-order valence-corrected chi connectivity index (χ0v) is 17.2. The van der Waals surface area contributed by atoms with Gasteiger partial charge in [0.25, 0.3) is 0 Å². The molecule has 0 radical (unpaired) electrons. The van der Waals surface area contributed by atoms with Crippen molar-refractivity contribution in [2.75, 3.05) is 33.0 Å². The molecule has 4 heteroatoms. The highest BCUT2D eigenvalue weighted by atomic mass is 16.5. The van der Waals surface area contributed by atoms with Crippen molar-refractivity contribution >= 4 is 5.71 Å². The van der Waals surface area contributed by atoms with Crippen molar-refractivity contribution in [1.29, 1.82) is 5.41 Å². The van der Waals surface area contributed by atoms with Crippen LogP contribution in [0, 0.1) is 5.41 Å². The maximum Gasteiger partial charge on any atom is 0.0701 e. The second-order valence-corrected chi connectivity index (χ2v) is 6.28. The van der Waals surface area contributed by atoms with Crippen LogP contribution in [0.5, 0.6) is 0 Å². The first kappa shape index (κ1) is 26.3. The number of hydrogen-bond donors (Lipinski definition) is 2. The Labute approximate surface area is 155 Å². The molecule has 0 unspecified atom stereocenters. The molecule has 0 aliphatic heterocycles. The Bertz CT molecular complexity index is 354. The van der Waals surface area contributed by atoms with Gasteiger partial charge in [-0.2, -0.15) is 0 Å². The van der Waals surface area contributed by atoms with Crippen molar-refractivity contribution in [3.8, 4) is 0 Å². The minimum absolute atomic E-state index is 0.0910. The van der Waals surface area contributed by atoms with Crippen molar-refractivity contribution in [1.82, 2.24) is 0 Å². The minimum atomic E-state index is 0.0910. The fourth-order valence-corrected chi connectivity index (χ4v) is 2.01. The number of aliphatic hydroxyl groups excluding tert-OH is 1. The van der Waals surface area contributed by atoms with E-state index < -0.39 is 0 Å². The van der Waals surface area contributed by atoms with E-state index in [-0.39, 0.29) is 6.61 Å². The van der Waals surface area contributed by atoms with Gasteiger partial charge < -0.3 is 20.0 Å². The first-order valence-electron chi connectivity index (χ1n) is 9.59. The van der Waals surface area contributed by atoms with E-state index in [2.05, 4.69) is 39.8 Å². The van der Waals surface area contributed by atoms with Crippen LogP contribution < -0.4 is 0 Å². The van der Waals surface area contributed by atoms with Crippen LogP contribution in [-0.2, 0) is 9.47 Å². The summed E-state index contributed by atoms with van der Waals surface area (Å²) in [6.45, 7) is 13.0. The topological polar surface area (TPSA) is 62.5 Å². The highest BCUT2D eigenvalue weighted by molar-refractivity contribution is 5.78. The highest BCUT2D eigenvalue weighted by Crippen LogP contribution is 2.10. The average Bonchev–Trinajstić information content (AvgIpc) is 2.57. The molecule has 0 saturated heterocycles. The van der Waals surface area contributed by atoms with E-state index >= 15 is 0 Å². The number of allylic oxidation sites excluding steroid dienone is 4.